The van der Waals surface area contributed by atoms with Crippen LogP contribution in [0.2, 0.25) is 0 Å². The Morgan fingerprint density at radius 3 is 2.68 bits per heavy atom. The molecule has 0 aliphatic carbocycles. The minimum Gasteiger partial charge on any atom is -0.485 e. The molecule has 0 radical (unpaired) electrons. The second kappa shape index (κ2) is 7.43. The molecule has 0 saturated carbocycles. The van der Waals surface area contributed by atoms with Crippen molar-refractivity contribution >= 4 is 17.5 Å². The molecular weight excluding hydrogens is 326 g/mol. The van der Waals surface area contributed by atoms with Gasteiger partial charge in [-0.05, 0) is 24.3 Å². The topological polar surface area (TPSA) is 102 Å². The lowest BCUT2D eigenvalue weighted by atomic mass is 10.2. The molecule has 8 heteroatoms. The standard InChI is InChI=1S/C17H17N3O5/c1-11(12-7-4-8-23-12)19-20-16(21)9-18-17(22)15-10-24-13-5-2-3-6-14(13)25-15/h2-8,15,19H,1,9-10H2,(H,18,22)(H,20,21)/t15-/m1/s1. The summed E-state index contributed by atoms with van der Waals surface area (Å²) in [6.07, 6.45) is 0.683. The van der Waals surface area contributed by atoms with Crippen LogP contribution in [0.3, 0.4) is 0 Å². The van der Waals surface area contributed by atoms with Gasteiger partial charge in [-0.25, -0.2) is 0 Å². The zero-order valence-electron chi connectivity index (χ0n) is 13.3. The van der Waals surface area contributed by atoms with Gasteiger partial charge in [0.25, 0.3) is 11.8 Å². The molecule has 0 spiro atoms. The predicted octanol–water partition coefficient (Wildman–Crippen LogP) is 0.827. The van der Waals surface area contributed by atoms with Gasteiger partial charge >= 0.3 is 0 Å². The van der Waals surface area contributed by atoms with Crippen molar-refractivity contribution in [3.63, 3.8) is 0 Å². The molecule has 2 amide bonds. The van der Waals surface area contributed by atoms with E-state index in [1.165, 1.54) is 6.26 Å². The molecule has 130 valence electrons. The van der Waals surface area contributed by atoms with Gasteiger partial charge in [0.2, 0.25) is 6.10 Å². The first-order valence-electron chi connectivity index (χ1n) is 7.57. The van der Waals surface area contributed by atoms with E-state index in [0.717, 1.165) is 0 Å². The number of hydrazine groups is 1. The zero-order valence-corrected chi connectivity index (χ0v) is 13.3. The Hall–Kier alpha value is -3.42. The lowest BCUT2D eigenvalue weighted by Gasteiger charge is -2.25. The number of carbonyl (C=O) groups excluding carboxylic acids is 2. The maximum absolute atomic E-state index is 12.1. The fraction of sp³-hybridized carbons (Fsp3) is 0.176. The van der Waals surface area contributed by atoms with Crippen LogP contribution in [0, 0.1) is 0 Å². The summed E-state index contributed by atoms with van der Waals surface area (Å²) in [5.41, 5.74) is 5.41. The molecule has 25 heavy (non-hydrogen) atoms. The van der Waals surface area contributed by atoms with Gasteiger partial charge in [-0.2, -0.15) is 0 Å². The number of hydrogen-bond donors (Lipinski definition) is 3. The minimum atomic E-state index is -0.811. The lowest BCUT2D eigenvalue weighted by Crippen LogP contribution is -2.48. The van der Waals surface area contributed by atoms with Gasteiger partial charge < -0.3 is 19.2 Å². The summed E-state index contributed by atoms with van der Waals surface area (Å²) in [6.45, 7) is 3.57. The summed E-state index contributed by atoms with van der Waals surface area (Å²) >= 11 is 0. The molecule has 8 nitrogen and oxygen atoms in total. The summed E-state index contributed by atoms with van der Waals surface area (Å²) in [5, 5.41) is 2.49. The normalized spacial score (nSPS) is 15.1. The number of rotatable bonds is 6. The fourth-order valence-electron chi connectivity index (χ4n) is 2.13. The average molecular weight is 343 g/mol. The Balaban J connectivity index is 1.42. The molecule has 3 rings (SSSR count). The van der Waals surface area contributed by atoms with Crippen molar-refractivity contribution in [3.05, 3.63) is 55.0 Å². The third-order valence-electron chi connectivity index (χ3n) is 3.40. The number of nitrogens with one attached hydrogen (secondary N) is 3. The molecule has 2 aromatic rings. The van der Waals surface area contributed by atoms with E-state index in [1.807, 2.05) is 6.07 Å². The molecule has 0 saturated heterocycles. The van der Waals surface area contributed by atoms with Gasteiger partial charge in [0.05, 0.1) is 18.5 Å². The summed E-state index contributed by atoms with van der Waals surface area (Å²) < 4.78 is 16.1. The van der Waals surface area contributed by atoms with E-state index in [2.05, 4.69) is 22.7 Å². The third-order valence-corrected chi connectivity index (χ3v) is 3.40. The number of benzene rings is 1. The maximum Gasteiger partial charge on any atom is 0.265 e. The van der Waals surface area contributed by atoms with E-state index in [9.17, 15) is 9.59 Å². The van der Waals surface area contributed by atoms with Crippen molar-refractivity contribution in [2.24, 2.45) is 0 Å². The second-order valence-corrected chi connectivity index (χ2v) is 5.21. The Bertz CT molecular complexity index is 772. The first-order valence-corrected chi connectivity index (χ1v) is 7.57. The minimum absolute atomic E-state index is 0.0814. The Morgan fingerprint density at radius 1 is 1.12 bits per heavy atom. The Kier molecular flexibility index (Phi) is 4.89. The number of fused-ring (bicyclic) bond motifs is 1. The molecule has 1 aromatic carbocycles. The van der Waals surface area contributed by atoms with Crippen molar-refractivity contribution in [1.29, 1.82) is 0 Å². The van der Waals surface area contributed by atoms with Gasteiger partial charge in [0.1, 0.15) is 6.61 Å². The number of furan rings is 1. The van der Waals surface area contributed by atoms with E-state index in [4.69, 9.17) is 13.9 Å². The zero-order chi connectivity index (χ0) is 17.6. The van der Waals surface area contributed by atoms with Crippen LogP contribution in [0.15, 0.2) is 53.7 Å². The van der Waals surface area contributed by atoms with Crippen LogP contribution < -0.4 is 25.6 Å². The van der Waals surface area contributed by atoms with E-state index in [1.54, 1.807) is 30.3 Å². The van der Waals surface area contributed by atoms with E-state index in [0.29, 0.717) is 23.0 Å². The van der Waals surface area contributed by atoms with Crippen LogP contribution in [0.1, 0.15) is 5.76 Å². The van der Waals surface area contributed by atoms with Crippen molar-refractivity contribution in [2.45, 2.75) is 6.10 Å². The first kappa shape index (κ1) is 16.4. The smallest absolute Gasteiger partial charge is 0.265 e. The van der Waals surface area contributed by atoms with Crippen molar-refractivity contribution in [3.8, 4) is 11.5 Å². The van der Waals surface area contributed by atoms with Crippen LogP contribution in [-0.4, -0.2) is 31.1 Å². The summed E-state index contributed by atoms with van der Waals surface area (Å²) in [4.78, 5) is 23.9. The van der Waals surface area contributed by atoms with Crippen LogP contribution in [0.5, 0.6) is 11.5 Å². The molecule has 3 N–H and O–H groups in total. The molecule has 0 unspecified atom stereocenters. The summed E-state index contributed by atoms with van der Waals surface area (Å²) in [6, 6.07) is 10.5. The largest absolute Gasteiger partial charge is 0.485 e. The predicted molar refractivity (Wildman–Crippen MR) is 88.4 cm³/mol. The molecule has 0 bridgehead atoms. The van der Waals surface area contributed by atoms with Crippen LogP contribution >= 0.6 is 0 Å². The van der Waals surface area contributed by atoms with Crippen LogP contribution in [-0.2, 0) is 9.59 Å². The van der Waals surface area contributed by atoms with Gasteiger partial charge in [-0.3, -0.25) is 20.4 Å². The number of hydrogen-bond acceptors (Lipinski definition) is 6. The molecular formula is C17H17N3O5. The lowest BCUT2D eigenvalue weighted by molar-refractivity contribution is -0.132. The fourth-order valence-corrected chi connectivity index (χ4v) is 2.13. The average Bonchev–Trinajstić information content (AvgIpc) is 3.18. The Morgan fingerprint density at radius 2 is 1.92 bits per heavy atom. The number of carbonyl (C=O) groups is 2. The van der Waals surface area contributed by atoms with Gasteiger partial charge in [0, 0.05) is 0 Å². The highest BCUT2D eigenvalue weighted by molar-refractivity contribution is 5.87. The number of ether oxygens (including phenoxy) is 2. The molecule has 1 aromatic heterocycles. The SMILES string of the molecule is C=C(NNC(=O)CNC(=O)[C@H]1COc2ccccc2O1)c1ccco1. The second-order valence-electron chi connectivity index (χ2n) is 5.21. The van der Waals surface area contributed by atoms with Crippen molar-refractivity contribution < 1.29 is 23.5 Å². The summed E-state index contributed by atoms with van der Waals surface area (Å²) in [5.74, 6) is 0.697. The van der Waals surface area contributed by atoms with Crippen molar-refractivity contribution in [1.82, 2.24) is 16.2 Å². The van der Waals surface area contributed by atoms with Gasteiger partial charge in [0.15, 0.2) is 17.3 Å². The van der Waals surface area contributed by atoms with E-state index < -0.39 is 17.9 Å². The van der Waals surface area contributed by atoms with Gasteiger partial charge in [-0.1, -0.05) is 18.7 Å². The quantitative estimate of drug-likeness (QED) is 0.672. The van der Waals surface area contributed by atoms with Gasteiger partial charge in [-0.15, -0.1) is 0 Å². The monoisotopic (exact) mass is 343 g/mol. The maximum atomic E-state index is 12.1. The van der Waals surface area contributed by atoms with Crippen LogP contribution in [0.25, 0.3) is 5.70 Å². The van der Waals surface area contributed by atoms with E-state index in [-0.39, 0.29) is 13.2 Å². The highest BCUT2D eigenvalue weighted by Crippen LogP contribution is 2.30. The number of para-hydroxylation sites is 2. The molecule has 1 atom stereocenters. The molecule has 1 aliphatic heterocycles. The molecule has 2 heterocycles. The highest BCUT2D eigenvalue weighted by atomic mass is 16.6. The first-order chi connectivity index (χ1) is 12.1. The highest BCUT2D eigenvalue weighted by Gasteiger charge is 2.27. The number of amides is 2. The van der Waals surface area contributed by atoms with E-state index >= 15 is 0 Å². The van der Waals surface area contributed by atoms with Crippen molar-refractivity contribution in [2.75, 3.05) is 13.2 Å². The molecule has 1 aliphatic rings. The third kappa shape index (κ3) is 4.11. The molecule has 0 fully saturated rings. The summed E-state index contributed by atoms with van der Waals surface area (Å²) in [7, 11) is 0. The van der Waals surface area contributed by atoms with Crippen LogP contribution in [0.4, 0.5) is 0 Å². The Labute approximate surface area is 143 Å².